The third kappa shape index (κ3) is 2.63. The zero-order chi connectivity index (χ0) is 14.8. The Kier molecular flexibility index (Phi) is 4.13. The normalized spacial score (nSPS) is 12.9. The minimum atomic E-state index is 0.215. The fourth-order valence-electron chi connectivity index (χ4n) is 2.85. The van der Waals surface area contributed by atoms with Gasteiger partial charge < -0.3 is 9.73 Å². The molecule has 21 heavy (non-hydrogen) atoms. The Labute approximate surface area is 129 Å². The van der Waals surface area contributed by atoms with Gasteiger partial charge >= 0.3 is 0 Å². The molecule has 0 aliphatic rings. The van der Waals surface area contributed by atoms with Crippen molar-refractivity contribution in [1.29, 1.82) is 0 Å². The summed E-state index contributed by atoms with van der Waals surface area (Å²) < 4.78 is 6.07. The maximum atomic E-state index is 6.07. The van der Waals surface area contributed by atoms with Crippen molar-refractivity contribution in [3.63, 3.8) is 0 Å². The van der Waals surface area contributed by atoms with E-state index in [1.807, 2.05) is 17.4 Å². The molecule has 0 fully saturated rings. The molecule has 1 aromatic carbocycles. The molecule has 3 rings (SSSR count). The van der Waals surface area contributed by atoms with Crippen molar-refractivity contribution in [2.75, 3.05) is 6.54 Å². The quantitative estimate of drug-likeness (QED) is 0.712. The van der Waals surface area contributed by atoms with Crippen molar-refractivity contribution in [2.24, 2.45) is 0 Å². The summed E-state index contributed by atoms with van der Waals surface area (Å²) >= 11 is 1.86. The molecule has 3 heteroatoms. The second kappa shape index (κ2) is 6.04. The van der Waals surface area contributed by atoms with Gasteiger partial charge in [-0.25, -0.2) is 0 Å². The first-order valence-corrected chi connectivity index (χ1v) is 8.36. The van der Waals surface area contributed by atoms with Crippen LogP contribution < -0.4 is 5.32 Å². The van der Waals surface area contributed by atoms with Crippen LogP contribution in [0.4, 0.5) is 0 Å². The van der Waals surface area contributed by atoms with Gasteiger partial charge in [-0.2, -0.15) is 0 Å². The first-order valence-electron chi connectivity index (χ1n) is 7.54. The number of nitrogens with one attached hydrogen (secondary N) is 1. The highest BCUT2D eigenvalue weighted by Gasteiger charge is 2.23. The third-order valence-electron chi connectivity index (χ3n) is 3.77. The van der Waals surface area contributed by atoms with Crippen LogP contribution in [-0.4, -0.2) is 6.54 Å². The van der Waals surface area contributed by atoms with Crippen LogP contribution >= 0.6 is 11.3 Å². The van der Waals surface area contributed by atoms with E-state index in [9.17, 15) is 0 Å². The van der Waals surface area contributed by atoms with Crippen LogP contribution in [0.2, 0.25) is 0 Å². The molecular weight excluding hydrogens is 278 g/mol. The summed E-state index contributed by atoms with van der Waals surface area (Å²) in [5.41, 5.74) is 2.29. The average molecular weight is 299 g/mol. The lowest BCUT2D eigenvalue weighted by Crippen LogP contribution is -2.21. The zero-order valence-corrected chi connectivity index (χ0v) is 13.6. The van der Waals surface area contributed by atoms with Crippen LogP contribution in [-0.2, 0) is 6.42 Å². The number of fused-ring (bicyclic) bond motifs is 1. The van der Waals surface area contributed by atoms with Crippen LogP contribution in [0.15, 0.2) is 40.8 Å². The van der Waals surface area contributed by atoms with E-state index in [1.165, 1.54) is 20.7 Å². The molecule has 2 heterocycles. The monoisotopic (exact) mass is 299 g/mol. The van der Waals surface area contributed by atoms with Crippen LogP contribution in [0.5, 0.6) is 0 Å². The Morgan fingerprint density at radius 3 is 2.62 bits per heavy atom. The Hall–Kier alpha value is -1.58. The van der Waals surface area contributed by atoms with Gasteiger partial charge in [0.05, 0.1) is 6.04 Å². The minimum Gasteiger partial charge on any atom is -0.461 e. The van der Waals surface area contributed by atoms with E-state index in [0.29, 0.717) is 0 Å². The van der Waals surface area contributed by atoms with Gasteiger partial charge in [0.25, 0.3) is 0 Å². The highest BCUT2D eigenvalue weighted by molar-refractivity contribution is 7.12. The van der Waals surface area contributed by atoms with E-state index in [2.05, 4.69) is 56.4 Å². The first-order chi connectivity index (χ1) is 10.2. The van der Waals surface area contributed by atoms with E-state index in [4.69, 9.17) is 4.42 Å². The third-order valence-corrected chi connectivity index (χ3v) is 4.84. The summed E-state index contributed by atoms with van der Waals surface area (Å²) in [7, 11) is 0. The Balaban J connectivity index is 2.18. The van der Waals surface area contributed by atoms with Crippen LogP contribution in [0.25, 0.3) is 11.0 Å². The number of rotatable bonds is 5. The molecule has 0 aliphatic heterocycles. The average Bonchev–Trinajstić information content (AvgIpc) is 3.08. The van der Waals surface area contributed by atoms with E-state index in [0.717, 1.165) is 24.3 Å². The zero-order valence-electron chi connectivity index (χ0n) is 12.8. The molecule has 2 nitrogen and oxygen atoms in total. The molecule has 0 bridgehead atoms. The lowest BCUT2D eigenvalue weighted by molar-refractivity contribution is 0.535. The topological polar surface area (TPSA) is 25.2 Å². The molecule has 2 aromatic heterocycles. The highest BCUT2D eigenvalue weighted by Crippen LogP contribution is 2.37. The van der Waals surface area contributed by atoms with Crippen LogP contribution in [0.3, 0.4) is 0 Å². The number of para-hydroxylation sites is 1. The second-order valence-corrected chi connectivity index (χ2v) is 6.55. The maximum Gasteiger partial charge on any atom is 0.134 e. The van der Waals surface area contributed by atoms with Crippen molar-refractivity contribution < 1.29 is 4.42 Å². The van der Waals surface area contributed by atoms with Crippen molar-refractivity contribution in [1.82, 2.24) is 5.32 Å². The number of furan rings is 1. The van der Waals surface area contributed by atoms with Gasteiger partial charge in [0, 0.05) is 27.1 Å². The lowest BCUT2D eigenvalue weighted by Gasteiger charge is -2.17. The predicted molar refractivity (Wildman–Crippen MR) is 90.2 cm³/mol. The van der Waals surface area contributed by atoms with Gasteiger partial charge in [-0.1, -0.05) is 32.0 Å². The molecule has 0 radical (unpaired) electrons. The van der Waals surface area contributed by atoms with Gasteiger partial charge in [-0.3, -0.25) is 0 Å². The predicted octanol–water partition coefficient (Wildman–Crippen LogP) is 5.06. The number of hydrogen-bond acceptors (Lipinski definition) is 3. The molecule has 3 aromatic rings. The van der Waals surface area contributed by atoms with Gasteiger partial charge in [0.15, 0.2) is 0 Å². The molecule has 0 aliphatic carbocycles. The Morgan fingerprint density at radius 2 is 1.95 bits per heavy atom. The smallest absolute Gasteiger partial charge is 0.134 e. The number of hydrogen-bond donors (Lipinski definition) is 1. The summed E-state index contributed by atoms with van der Waals surface area (Å²) in [5.74, 6) is 1.09. The summed E-state index contributed by atoms with van der Waals surface area (Å²) in [6.45, 7) is 7.40. The van der Waals surface area contributed by atoms with Crippen molar-refractivity contribution in [3.05, 3.63) is 57.5 Å². The van der Waals surface area contributed by atoms with Gasteiger partial charge in [0.2, 0.25) is 0 Å². The van der Waals surface area contributed by atoms with Crippen LogP contribution in [0.1, 0.15) is 41.0 Å². The van der Waals surface area contributed by atoms with E-state index in [-0.39, 0.29) is 6.04 Å². The maximum absolute atomic E-state index is 6.07. The molecule has 110 valence electrons. The Morgan fingerprint density at radius 1 is 1.14 bits per heavy atom. The summed E-state index contributed by atoms with van der Waals surface area (Å²) in [6.07, 6.45) is 0.913. The number of aryl methyl sites for hydroxylation is 2. The van der Waals surface area contributed by atoms with E-state index in [1.54, 1.807) is 0 Å². The molecule has 0 saturated carbocycles. The molecule has 0 saturated heterocycles. The SMILES string of the molecule is CCNC(c1ccc(C)s1)c1c(CC)oc2ccccc12. The minimum absolute atomic E-state index is 0.215. The molecule has 0 amide bonds. The van der Waals surface area contributed by atoms with Crippen molar-refractivity contribution >= 4 is 22.3 Å². The van der Waals surface area contributed by atoms with Gasteiger partial charge in [0.1, 0.15) is 11.3 Å². The molecular formula is C18H21NOS. The summed E-state index contributed by atoms with van der Waals surface area (Å²) in [4.78, 5) is 2.70. The standard InChI is InChI=1S/C18H21NOS/c1-4-14-17(13-8-6-7-9-15(13)20-14)18(19-5-2)16-11-10-12(3)21-16/h6-11,18-19H,4-5H2,1-3H3. The highest BCUT2D eigenvalue weighted by atomic mass is 32.1. The molecule has 1 unspecified atom stereocenters. The first kappa shape index (κ1) is 14.4. The van der Waals surface area contributed by atoms with Crippen LogP contribution in [0, 0.1) is 6.92 Å². The molecule has 1 N–H and O–H groups in total. The number of thiophene rings is 1. The lowest BCUT2D eigenvalue weighted by atomic mass is 10.00. The fraction of sp³-hybridized carbons (Fsp3) is 0.333. The molecule has 1 atom stereocenters. The van der Waals surface area contributed by atoms with Gasteiger partial charge in [-0.05, 0) is 31.7 Å². The second-order valence-electron chi connectivity index (χ2n) is 5.23. The molecule has 0 spiro atoms. The Bertz CT molecular complexity index is 741. The van der Waals surface area contributed by atoms with Gasteiger partial charge in [-0.15, -0.1) is 11.3 Å². The van der Waals surface area contributed by atoms with Crippen molar-refractivity contribution in [3.8, 4) is 0 Å². The van der Waals surface area contributed by atoms with Crippen molar-refractivity contribution in [2.45, 2.75) is 33.2 Å². The van der Waals surface area contributed by atoms with E-state index >= 15 is 0 Å². The summed E-state index contributed by atoms with van der Waals surface area (Å²) in [6, 6.07) is 13.0. The fourth-order valence-corrected chi connectivity index (χ4v) is 3.82. The summed E-state index contributed by atoms with van der Waals surface area (Å²) in [5, 5.41) is 4.86. The largest absolute Gasteiger partial charge is 0.461 e. The number of benzene rings is 1. The van der Waals surface area contributed by atoms with E-state index < -0.39 is 0 Å².